The second kappa shape index (κ2) is 13.0. The molecule has 0 aliphatic rings. The molecule has 176 valence electrons. The van der Waals surface area contributed by atoms with Gasteiger partial charge in [-0.25, -0.2) is 9.97 Å². The number of alkyl halides is 2. The fraction of sp³-hybridized carbons (Fsp3) is 0.407. The number of hydrogen-bond donors (Lipinski definition) is 0. The predicted octanol–water partition coefficient (Wildman–Crippen LogP) is 7.24. The second-order valence-electron chi connectivity index (χ2n) is 8.11. The number of ether oxygens (including phenoxy) is 2. The third-order valence-corrected chi connectivity index (χ3v) is 5.31. The number of halogens is 2. The molecule has 33 heavy (non-hydrogen) atoms. The number of aromatic nitrogens is 2. The molecule has 0 spiro atoms. The molecule has 0 aliphatic carbocycles. The zero-order chi connectivity index (χ0) is 23.4. The summed E-state index contributed by atoms with van der Waals surface area (Å²) in [7, 11) is 0. The highest BCUT2D eigenvalue weighted by atomic mass is 19.3. The van der Waals surface area contributed by atoms with E-state index >= 15 is 0 Å². The van der Waals surface area contributed by atoms with E-state index in [1.54, 1.807) is 36.4 Å². The summed E-state index contributed by atoms with van der Waals surface area (Å²) in [6.45, 7) is 2.28. The van der Waals surface area contributed by atoms with E-state index in [0.29, 0.717) is 11.6 Å². The molecule has 1 heterocycles. The first-order valence-corrected chi connectivity index (χ1v) is 11.7. The van der Waals surface area contributed by atoms with Gasteiger partial charge in [0.25, 0.3) is 0 Å². The van der Waals surface area contributed by atoms with Crippen LogP contribution < -0.4 is 4.74 Å². The maximum Gasteiger partial charge on any atom is 0.356 e. The SMILES string of the molecule is CCCCCCc1cnc(-c2ccc(OCCCC(F)(F)OCc3ccccc3)cc2)nc1. The van der Waals surface area contributed by atoms with E-state index in [1.807, 2.05) is 30.6 Å². The lowest BCUT2D eigenvalue weighted by Gasteiger charge is -2.17. The Kier molecular flexibility index (Phi) is 9.76. The number of unbranched alkanes of at least 4 members (excludes halogenated alkanes) is 3. The van der Waals surface area contributed by atoms with Crippen LogP contribution in [-0.2, 0) is 17.8 Å². The molecular formula is C27H32F2N2O2. The summed E-state index contributed by atoms with van der Waals surface area (Å²) in [5, 5.41) is 0. The van der Waals surface area contributed by atoms with Crippen molar-refractivity contribution in [3.05, 3.63) is 78.1 Å². The summed E-state index contributed by atoms with van der Waals surface area (Å²) in [6.07, 6.45) is 6.28. The molecule has 0 saturated carbocycles. The van der Waals surface area contributed by atoms with Gasteiger partial charge in [-0.15, -0.1) is 0 Å². The highest BCUT2D eigenvalue weighted by Crippen LogP contribution is 2.24. The first kappa shape index (κ1) is 24.8. The Morgan fingerprint density at radius 3 is 2.24 bits per heavy atom. The predicted molar refractivity (Wildman–Crippen MR) is 126 cm³/mol. The maximum atomic E-state index is 13.9. The average molecular weight is 455 g/mol. The molecule has 0 unspecified atom stereocenters. The third kappa shape index (κ3) is 8.89. The molecule has 0 bridgehead atoms. The molecule has 2 aromatic carbocycles. The van der Waals surface area contributed by atoms with E-state index in [0.717, 1.165) is 29.5 Å². The standard InChI is InChI=1S/C27H32F2N2O2/c1-2-3-4-6-12-23-19-30-26(31-20-23)24-13-15-25(16-14-24)32-18-9-17-27(28,29)33-21-22-10-7-5-8-11-22/h5,7-8,10-11,13-16,19-20H,2-4,6,9,12,17-18,21H2,1H3. The quantitative estimate of drug-likeness (QED) is 0.241. The highest BCUT2D eigenvalue weighted by molar-refractivity contribution is 5.55. The van der Waals surface area contributed by atoms with E-state index in [9.17, 15) is 8.78 Å². The Morgan fingerprint density at radius 2 is 1.55 bits per heavy atom. The van der Waals surface area contributed by atoms with Crippen LogP contribution >= 0.6 is 0 Å². The van der Waals surface area contributed by atoms with Crippen LogP contribution in [0.5, 0.6) is 5.75 Å². The van der Waals surface area contributed by atoms with Gasteiger partial charge >= 0.3 is 6.11 Å². The van der Waals surface area contributed by atoms with Crippen LogP contribution in [0.3, 0.4) is 0 Å². The van der Waals surface area contributed by atoms with Crippen molar-refractivity contribution in [2.45, 2.75) is 64.6 Å². The van der Waals surface area contributed by atoms with E-state index < -0.39 is 12.5 Å². The Hall–Kier alpha value is -2.86. The smallest absolute Gasteiger partial charge is 0.356 e. The van der Waals surface area contributed by atoms with E-state index in [4.69, 9.17) is 9.47 Å². The van der Waals surface area contributed by atoms with E-state index in [-0.39, 0.29) is 19.6 Å². The molecule has 3 aromatic rings. The zero-order valence-corrected chi connectivity index (χ0v) is 19.2. The highest BCUT2D eigenvalue weighted by Gasteiger charge is 2.29. The fourth-order valence-electron chi connectivity index (χ4n) is 3.39. The van der Waals surface area contributed by atoms with Gasteiger partial charge in [0.1, 0.15) is 5.75 Å². The van der Waals surface area contributed by atoms with Gasteiger partial charge in [-0.05, 0) is 54.7 Å². The van der Waals surface area contributed by atoms with Crippen LogP contribution in [-0.4, -0.2) is 22.7 Å². The second-order valence-corrected chi connectivity index (χ2v) is 8.11. The third-order valence-electron chi connectivity index (χ3n) is 5.31. The molecule has 4 nitrogen and oxygen atoms in total. The molecule has 6 heteroatoms. The van der Waals surface area contributed by atoms with Crippen molar-refractivity contribution in [3.8, 4) is 17.1 Å². The lowest BCUT2D eigenvalue weighted by atomic mass is 10.1. The van der Waals surface area contributed by atoms with Gasteiger partial charge in [-0.2, -0.15) is 8.78 Å². The molecule has 0 aliphatic heterocycles. The minimum Gasteiger partial charge on any atom is -0.494 e. The van der Waals surface area contributed by atoms with Crippen molar-refractivity contribution in [1.29, 1.82) is 0 Å². The van der Waals surface area contributed by atoms with Crippen molar-refractivity contribution < 1.29 is 18.3 Å². The Bertz CT molecular complexity index is 933. The van der Waals surface area contributed by atoms with Crippen molar-refractivity contribution in [3.63, 3.8) is 0 Å². The van der Waals surface area contributed by atoms with E-state index in [1.165, 1.54) is 19.3 Å². The van der Waals surface area contributed by atoms with Crippen molar-refractivity contribution in [2.75, 3.05) is 6.61 Å². The van der Waals surface area contributed by atoms with Crippen LogP contribution in [0.15, 0.2) is 67.0 Å². The van der Waals surface area contributed by atoms with Crippen molar-refractivity contribution in [1.82, 2.24) is 9.97 Å². The van der Waals surface area contributed by atoms with Gasteiger partial charge in [0.05, 0.1) is 13.2 Å². The summed E-state index contributed by atoms with van der Waals surface area (Å²) < 4.78 is 38.2. The Labute approximate surface area is 195 Å². The molecule has 0 radical (unpaired) electrons. The van der Waals surface area contributed by atoms with Crippen LogP contribution in [0.25, 0.3) is 11.4 Å². The average Bonchev–Trinajstić information content (AvgIpc) is 2.85. The molecule has 3 rings (SSSR count). The number of benzene rings is 2. The maximum absolute atomic E-state index is 13.9. The summed E-state index contributed by atoms with van der Waals surface area (Å²) >= 11 is 0. The summed E-state index contributed by atoms with van der Waals surface area (Å²) in [4.78, 5) is 8.94. The molecule has 0 amide bonds. The zero-order valence-electron chi connectivity index (χ0n) is 19.2. The Morgan fingerprint density at radius 1 is 0.818 bits per heavy atom. The number of aryl methyl sites for hydroxylation is 1. The van der Waals surface area contributed by atoms with Crippen LogP contribution in [0.1, 0.15) is 56.6 Å². The number of nitrogens with zero attached hydrogens (tertiary/aromatic N) is 2. The summed E-state index contributed by atoms with van der Waals surface area (Å²) in [5.74, 6) is 1.29. The number of rotatable bonds is 14. The monoisotopic (exact) mass is 454 g/mol. The van der Waals surface area contributed by atoms with Crippen LogP contribution in [0.2, 0.25) is 0 Å². The van der Waals surface area contributed by atoms with Crippen LogP contribution in [0.4, 0.5) is 8.78 Å². The van der Waals surface area contributed by atoms with Crippen LogP contribution in [0, 0.1) is 0 Å². The largest absolute Gasteiger partial charge is 0.494 e. The minimum absolute atomic E-state index is 0.113. The molecule has 0 N–H and O–H groups in total. The molecular weight excluding hydrogens is 422 g/mol. The number of hydrogen-bond acceptors (Lipinski definition) is 4. The van der Waals surface area contributed by atoms with Gasteiger partial charge in [0.2, 0.25) is 0 Å². The summed E-state index contributed by atoms with van der Waals surface area (Å²) in [6, 6.07) is 16.3. The van der Waals surface area contributed by atoms with Gasteiger partial charge in [-0.1, -0.05) is 56.5 Å². The van der Waals surface area contributed by atoms with Crippen molar-refractivity contribution in [2.24, 2.45) is 0 Å². The minimum atomic E-state index is -3.18. The van der Waals surface area contributed by atoms with Gasteiger partial charge in [0.15, 0.2) is 5.82 Å². The first-order valence-electron chi connectivity index (χ1n) is 11.7. The fourth-order valence-corrected chi connectivity index (χ4v) is 3.39. The van der Waals surface area contributed by atoms with Gasteiger partial charge in [0, 0.05) is 24.4 Å². The lowest BCUT2D eigenvalue weighted by molar-refractivity contribution is -0.250. The van der Waals surface area contributed by atoms with Gasteiger partial charge < -0.3 is 9.47 Å². The molecule has 0 saturated heterocycles. The Balaban J connectivity index is 1.38. The topological polar surface area (TPSA) is 44.2 Å². The van der Waals surface area contributed by atoms with E-state index in [2.05, 4.69) is 16.9 Å². The van der Waals surface area contributed by atoms with Crippen molar-refractivity contribution >= 4 is 0 Å². The first-order chi connectivity index (χ1) is 16.1. The summed E-state index contributed by atoms with van der Waals surface area (Å²) in [5.41, 5.74) is 2.76. The lowest BCUT2D eigenvalue weighted by Crippen LogP contribution is -2.21. The van der Waals surface area contributed by atoms with Gasteiger partial charge in [-0.3, -0.25) is 0 Å². The molecule has 0 fully saturated rings. The molecule has 1 aromatic heterocycles. The normalized spacial score (nSPS) is 11.5. The molecule has 0 atom stereocenters.